The Balaban J connectivity index is 2.23. The third-order valence-corrected chi connectivity index (χ3v) is 5.67. The number of hydrogen-bond acceptors (Lipinski definition) is 2. The Morgan fingerprint density at radius 3 is 2.55 bits per heavy atom. The predicted octanol–water partition coefficient (Wildman–Crippen LogP) is 2.94. The van der Waals surface area contributed by atoms with Crippen LogP contribution in [0.4, 0.5) is 0 Å². The van der Waals surface area contributed by atoms with Crippen LogP contribution in [0.15, 0.2) is 29.3 Å². The molecule has 5 nitrogen and oxygen atoms in total. The molecule has 4 rings (SSSR count). The molecule has 0 aromatic carbocycles. The predicted molar refractivity (Wildman–Crippen MR) is 86.3 cm³/mol. The summed E-state index contributed by atoms with van der Waals surface area (Å²) < 4.78 is 4.57. The molecule has 1 N–H and O–H groups in total. The third kappa shape index (κ3) is 1.30. The Morgan fingerprint density at radius 2 is 1.82 bits per heavy atom. The van der Waals surface area contributed by atoms with Crippen LogP contribution in [0.1, 0.15) is 33.3 Å². The Bertz CT molecular complexity index is 923. The summed E-state index contributed by atoms with van der Waals surface area (Å²) in [6.07, 6.45) is 4.09. The Labute approximate surface area is 128 Å². The van der Waals surface area contributed by atoms with Crippen molar-refractivity contribution in [3.63, 3.8) is 0 Å². The van der Waals surface area contributed by atoms with Gasteiger partial charge in [0.25, 0.3) is 5.56 Å². The maximum Gasteiger partial charge on any atom is 0.275 e. The van der Waals surface area contributed by atoms with Crippen LogP contribution in [-0.2, 0) is 11.1 Å². The summed E-state index contributed by atoms with van der Waals surface area (Å²) in [6, 6.07) is 4.21. The third-order valence-electron chi connectivity index (χ3n) is 5.67. The van der Waals surface area contributed by atoms with Crippen LogP contribution in [0.25, 0.3) is 22.6 Å². The number of H-pyrrole nitrogens is 1. The van der Waals surface area contributed by atoms with E-state index in [9.17, 15) is 4.79 Å². The molecule has 1 aromatic heterocycles. The number of aromatic nitrogens is 4. The minimum atomic E-state index is -0.184. The minimum absolute atomic E-state index is 0.115. The smallest absolute Gasteiger partial charge is 0.275 e. The summed E-state index contributed by atoms with van der Waals surface area (Å²) in [6.45, 7) is 10.9. The van der Waals surface area contributed by atoms with Gasteiger partial charge in [-0.25, -0.2) is 5.10 Å². The molecule has 0 atom stereocenters. The topological polar surface area (TPSA) is 55.6 Å². The maximum absolute atomic E-state index is 12.0. The van der Waals surface area contributed by atoms with Crippen molar-refractivity contribution in [2.45, 2.75) is 45.7 Å². The molecule has 3 aliphatic rings. The molecule has 0 amide bonds. The minimum Gasteiger partial charge on any atom is -0.338 e. The number of hydrogen-bond donors (Lipinski definition) is 1. The zero-order chi connectivity index (χ0) is 15.9. The first-order valence-electron chi connectivity index (χ1n) is 7.56. The molecule has 22 heavy (non-hydrogen) atoms. The summed E-state index contributed by atoms with van der Waals surface area (Å²) in [4.78, 5) is 12.0. The summed E-state index contributed by atoms with van der Waals surface area (Å²) in [7, 11) is 0. The normalized spacial score (nSPS) is 18.2. The molecular weight excluding hydrogens is 276 g/mol. The number of fused-ring (bicyclic) bond motifs is 4. The zero-order valence-electron chi connectivity index (χ0n) is 13.6. The molecule has 1 aromatic rings. The fraction of sp³-hybridized carbons (Fsp3) is 0.412. The lowest BCUT2D eigenvalue weighted by atomic mass is 9.78. The molecule has 0 aliphatic carbocycles. The van der Waals surface area contributed by atoms with E-state index in [0.29, 0.717) is 5.56 Å². The molecule has 0 saturated heterocycles. The standard InChI is InChI=1S/C17H20N4O/c1-10-13-11(15(22)19-18-13)9-21-14(10)12-7-6-8-20(12)16(2,3)17(21,4)5/h6-9H,1-5H3,(H,19,22). The van der Waals surface area contributed by atoms with Crippen molar-refractivity contribution in [1.82, 2.24) is 19.3 Å². The van der Waals surface area contributed by atoms with E-state index in [4.69, 9.17) is 0 Å². The second-order valence-corrected chi connectivity index (χ2v) is 7.17. The van der Waals surface area contributed by atoms with Gasteiger partial charge < -0.3 is 9.13 Å². The Hall–Kier alpha value is -2.30. The van der Waals surface area contributed by atoms with Crippen LogP contribution in [0.5, 0.6) is 0 Å². The van der Waals surface area contributed by atoms with Gasteiger partial charge >= 0.3 is 0 Å². The van der Waals surface area contributed by atoms with E-state index < -0.39 is 0 Å². The summed E-state index contributed by atoms with van der Waals surface area (Å²) in [5.41, 5.74) is 4.34. The number of aromatic amines is 1. The van der Waals surface area contributed by atoms with Gasteiger partial charge in [0.15, 0.2) is 0 Å². The van der Waals surface area contributed by atoms with E-state index in [1.807, 2.05) is 13.1 Å². The SMILES string of the molecule is Cc1c2n[nH]c(=O)c-2cn2c1-c1cccn1C(C)(C)C2(C)C. The average Bonchev–Trinajstić information content (AvgIpc) is 3.05. The van der Waals surface area contributed by atoms with Crippen molar-refractivity contribution >= 4 is 0 Å². The largest absolute Gasteiger partial charge is 0.338 e. The molecule has 0 radical (unpaired) electrons. The van der Waals surface area contributed by atoms with Gasteiger partial charge in [0.1, 0.15) is 5.69 Å². The van der Waals surface area contributed by atoms with Crippen molar-refractivity contribution in [1.29, 1.82) is 0 Å². The van der Waals surface area contributed by atoms with Crippen molar-refractivity contribution < 1.29 is 0 Å². The fourth-order valence-corrected chi connectivity index (χ4v) is 3.63. The highest BCUT2D eigenvalue weighted by molar-refractivity contribution is 5.74. The molecule has 0 spiro atoms. The van der Waals surface area contributed by atoms with E-state index in [-0.39, 0.29) is 16.6 Å². The van der Waals surface area contributed by atoms with Gasteiger partial charge in [-0.05, 0) is 46.8 Å². The highest BCUT2D eigenvalue weighted by Crippen LogP contribution is 2.47. The lowest BCUT2D eigenvalue weighted by Crippen LogP contribution is -2.52. The fourth-order valence-electron chi connectivity index (χ4n) is 3.63. The highest BCUT2D eigenvalue weighted by Gasteiger charge is 2.46. The van der Waals surface area contributed by atoms with Gasteiger partial charge in [-0.15, -0.1) is 0 Å². The molecule has 0 fully saturated rings. The highest BCUT2D eigenvalue weighted by atomic mass is 16.1. The van der Waals surface area contributed by atoms with Crippen LogP contribution in [0.2, 0.25) is 0 Å². The molecule has 4 heterocycles. The maximum atomic E-state index is 12.0. The number of nitrogens with one attached hydrogen (secondary N) is 1. The van der Waals surface area contributed by atoms with E-state index in [1.165, 1.54) is 5.69 Å². The second-order valence-electron chi connectivity index (χ2n) is 7.17. The molecule has 0 unspecified atom stereocenters. The van der Waals surface area contributed by atoms with Crippen molar-refractivity contribution in [2.24, 2.45) is 0 Å². The van der Waals surface area contributed by atoms with Crippen LogP contribution in [-0.4, -0.2) is 19.3 Å². The molecule has 3 aliphatic heterocycles. The van der Waals surface area contributed by atoms with Crippen LogP contribution >= 0.6 is 0 Å². The summed E-state index contributed by atoms with van der Waals surface area (Å²) >= 11 is 0. The van der Waals surface area contributed by atoms with Gasteiger partial charge in [-0.2, -0.15) is 5.10 Å². The van der Waals surface area contributed by atoms with Crippen molar-refractivity contribution in [3.05, 3.63) is 40.4 Å². The summed E-state index contributed by atoms with van der Waals surface area (Å²) in [5.74, 6) is 0. The van der Waals surface area contributed by atoms with Crippen LogP contribution in [0, 0.1) is 6.92 Å². The Morgan fingerprint density at radius 1 is 1.14 bits per heavy atom. The molecule has 114 valence electrons. The van der Waals surface area contributed by atoms with E-state index >= 15 is 0 Å². The van der Waals surface area contributed by atoms with Gasteiger partial charge in [0, 0.05) is 18.0 Å². The van der Waals surface area contributed by atoms with Gasteiger partial charge in [0.05, 0.1) is 28.0 Å². The first-order chi connectivity index (χ1) is 10.3. The Kier molecular flexibility index (Phi) is 2.26. The first-order valence-corrected chi connectivity index (χ1v) is 7.56. The quantitative estimate of drug-likeness (QED) is 0.693. The lowest BCUT2D eigenvalue weighted by Gasteiger charge is -2.50. The van der Waals surface area contributed by atoms with Gasteiger partial charge in [0.2, 0.25) is 0 Å². The van der Waals surface area contributed by atoms with Crippen molar-refractivity contribution in [2.75, 3.05) is 0 Å². The monoisotopic (exact) mass is 296 g/mol. The number of pyridine rings is 1. The number of nitrogens with zero attached hydrogens (tertiary/aromatic N) is 3. The zero-order valence-corrected chi connectivity index (χ0v) is 13.6. The molecule has 0 saturated carbocycles. The van der Waals surface area contributed by atoms with Crippen LogP contribution in [0.3, 0.4) is 0 Å². The molecular formula is C17H20N4O. The summed E-state index contributed by atoms with van der Waals surface area (Å²) in [5, 5.41) is 6.79. The number of rotatable bonds is 0. The van der Waals surface area contributed by atoms with Crippen molar-refractivity contribution in [3.8, 4) is 22.6 Å². The van der Waals surface area contributed by atoms with E-state index in [0.717, 1.165) is 17.0 Å². The lowest BCUT2D eigenvalue weighted by molar-refractivity contribution is 0.118. The van der Waals surface area contributed by atoms with Crippen LogP contribution < -0.4 is 5.56 Å². The van der Waals surface area contributed by atoms with Gasteiger partial charge in [-0.3, -0.25) is 4.79 Å². The van der Waals surface area contributed by atoms with E-state index in [1.54, 1.807) is 0 Å². The first kappa shape index (κ1) is 13.4. The second kappa shape index (κ2) is 3.72. The molecule has 0 bridgehead atoms. The van der Waals surface area contributed by atoms with Gasteiger partial charge in [-0.1, -0.05) is 0 Å². The molecule has 5 heteroatoms. The average molecular weight is 296 g/mol. The van der Waals surface area contributed by atoms with E-state index in [2.05, 4.69) is 65.4 Å².